The lowest BCUT2D eigenvalue weighted by atomic mass is 10.2. The summed E-state index contributed by atoms with van der Waals surface area (Å²) in [5.74, 6) is 0.721. The summed E-state index contributed by atoms with van der Waals surface area (Å²) in [6.45, 7) is 7.68. The first kappa shape index (κ1) is 23.5. The molecule has 0 atom stereocenters. The molecular weight excluding hydrogens is 454 g/mol. The first-order valence-corrected chi connectivity index (χ1v) is 11.7. The Labute approximate surface area is 202 Å². The Morgan fingerprint density at radius 2 is 1.71 bits per heavy atom. The monoisotopic (exact) mass is 481 g/mol. The Hall–Kier alpha value is -3.66. The maximum absolute atomic E-state index is 12.3. The zero-order valence-electron chi connectivity index (χ0n) is 19.4. The molecule has 0 bridgehead atoms. The fraction of sp³-hybridized carbons (Fsp3) is 0.333. The van der Waals surface area contributed by atoms with Gasteiger partial charge in [-0.15, -0.1) is 0 Å². The summed E-state index contributed by atoms with van der Waals surface area (Å²) in [5, 5.41) is 0.666. The largest absolute Gasteiger partial charge is 0.456 e. The highest BCUT2D eigenvalue weighted by atomic mass is 32.1. The Bertz CT molecular complexity index is 1150. The van der Waals surface area contributed by atoms with E-state index in [1.165, 1.54) is 11.3 Å². The number of ether oxygens (including phenoxy) is 2. The molecule has 2 amide bonds. The molecule has 1 saturated heterocycles. The third kappa shape index (κ3) is 5.63. The summed E-state index contributed by atoms with van der Waals surface area (Å²) in [5.41, 5.74) is 6.07. The zero-order valence-corrected chi connectivity index (χ0v) is 20.2. The quantitative estimate of drug-likeness (QED) is 0.583. The second-order valence-corrected chi connectivity index (χ2v) is 9.76. The van der Waals surface area contributed by atoms with Gasteiger partial charge in [0.25, 0.3) is 5.91 Å². The number of carbonyl (C=O) groups excluding carboxylic acids is 2. The number of piperazine rings is 1. The van der Waals surface area contributed by atoms with E-state index in [2.05, 4.69) is 9.97 Å². The Morgan fingerprint density at radius 3 is 2.29 bits per heavy atom. The molecule has 4 rings (SSSR count). The molecule has 3 aromatic rings. The highest BCUT2D eigenvalue weighted by Gasteiger charge is 2.28. The van der Waals surface area contributed by atoms with E-state index in [9.17, 15) is 9.59 Å². The van der Waals surface area contributed by atoms with Crippen LogP contribution in [0.2, 0.25) is 0 Å². The van der Waals surface area contributed by atoms with Crippen LogP contribution in [0, 0.1) is 0 Å². The van der Waals surface area contributed by atoms with Crippen molar-refractivity contribution in [3.05, 3.63) is 53.5 Å². The van der Waals surface area contributed by atoms with Gasteiger partial charge in [0.2, 0.25) is 0 Å². The number of benzene rings is 1. The summed E-state index contributed by atoms with van der Waals surface area (Å²) in [6.07, 6.45) is 1.26. The first-order chi connectivity index (χ1) is 16.2. The molecule has 0 saturated carbocycles. The van der Waals surface area contributed by atoms with Crippen molar-refractivity contribution in [3.63, 3.8) is 0 Å². The fourth-order valence-electron chi connectivity index (χ4n) is 3.40. The summed E-state index contributed by atoms with van der Waals surface area (Å²) in [6, 6.07) is 12.9. The van der Waals surface area contributed by atoms with Gasteiger partial charge in [0.15, 0.2) is 5.13 Å². The SMILES string of the molecule is CC(C)(C)OC(=O)N1CCN(c2nc(-c3ccc(Oc4ccccc4)cn3)c(C(N)=O)s2)CC1. The molecule has 0 aliphatic carbocycles. The van der Waals surface area contributed by atoms with Gasteiger partial charge >= 0.3 is 6.09 Å². The minimum Gasteiger partial charge on any atom is -0.456 e. The summed E-state index contributed by atoms with van der Waals surface area (Å²) in [7, 11) is 0. The molecule has 1 aromatic carbocycles. The van der Waals surface area contributed by atoms with Crippen molar-refractivity contribution < 1.29 is 19.1 Å². The number of carbonyl (C=O) groups is 2. The number of primary amides is 1. The minimum atomic E-state index is -0.558. The summed E-state index contributed by atoms with van der Waals surface area (Å²) >= 11 is 1.23. The number of para-hydroxylation sites is 1. The maximum Gasteiger partial charge on any atom is 0.410 e. The van der Waals surface area contributed by atoms with Crippen LogP contribution in [0.4, 0.5) is 9.93 Å². The third-order valence-electron chi connectivity index (χ3n) is 5.00. The number of rotatable bonds is 5. The number of pyridine rings is 1. The van der Waals surface area contributed by atoms with Crippen LogP contribution in [0.15, 0.2) is 48.7 Å². The van der Waals surface area contributed by atoms with E-state index in [0.717, 1.165) is 0 Å². The number of thiazole rings is 1. The smallest absolute Gasteiger partial charge is 0.410 e. The van der Waals surface area contributed by atoms with Gasteiger partial charge in [-0.1, -0.05) is 29.5 Å². The number of anilines is 1. The predicted octanol–water partition coefficient (Wildman–Crippen LogP) is 4.15. The van der Waals surface area contributed by atoms with Crippen LogP contribution >= 0.6 is 11.3 Å². The van der Waals surface area contributed by atoms with Crippen LogP contribution in [0.5, 0.6) is 11.5 Å². The van der Waals surface area contributed by atoms with E-state index in [1.807, 2.05) is 56.0 Å². The Morgan fingerprint density at radius 1 is 1.00 bits per heavy atom. The lowest BCUT2D eigenvalue weighted by molar-refractivity contribution is 0.0240. The van der Waals surface area contributed by atoms with Gasteiger partial charge in [0.1, 0.15) is 27.7 Å². The molecule has 1 aliphatic heterocycles. The van der Waals surface area contributed by atoms with E-state index in [1.54, 1.807) is 23.2 Å². The molecule has 178 valence electrons. The lowest BCUT2D eigenvalue weighted by Gasteiger charge is -2.35. The van der Waals surface area contributed by atoms with Crippen molar-refractivity contribution in [3.8, 4) is 22.9 Å². The molecule has 0 spiro atoms. The van der Waals surface area contributed by atoms with Crippen molar-refractivity contribution in [2.24, 2.45) is 5.73 Å². The zero-order chi connectivity index (χ0) is 24.3. The lowest BCUT2D eigenvalue weighted by Crippen LogP contribution is -2.50. The third-order valence-corrected chi connectivity index (χ3v) is 6.13. The first-order valence-electron chi connectivity index (χ1n) is 10.9. The number of aromatic nitrogens is 2. The Kier molecular flexibility index (Phi) is 6.69. The van der Waals surface area contributed by atoms with Crippen molar-refractivity contribution in [1.82, 2.24) is 14.9 Å². The second kappa shape index (κ2) is 9.68. The topological polar surface area (TPSA) is 111 Å². The highest BCUT2D eigenvalue weighted by Crippen LogP contribution is 2.33. The number of hydrogen-bond acceptors (Lipinski definition) is 8. The van der Waals surface area contributed by atoms with Crippen molar-refractivity contribution >= 4 is 28.5 Å². The van der Waals surface area contributed by atoms with Gasteiger partial charge in [-0.2, -0.15) is 0 Å². The molecule has 0 unspecified atom stereocenters. The molecular formula is C24H27N5O4S. The van der Waals surface area contributed by atoms with E-state index in [-0.39, 0.29) is 6.09 Å². The predicted molar refractivity (Wildman–Crippen MR) is 130 cm³/mol. The fourth-order valence-corrected chi connectivity index (χ4v) is 4.38. The molecule has 2 aromatic heterocycles. The van der Waals surface area contributed by atoms with Crippen molar-refractivity contribution in [2.75, 3.05) is 31.1 Å². The highest BCUT2D eigenvalue weighted by molar-refractivity contribution is 7.18. The molecule has 9 nitrogen and oxygen atoms in total. The van der Waals surface area contributed by atoms with Crippen LogP contribution in [0.3, 0.4) is 0 Å². The minimum absolute atomic E-state index is 0.327. The van der Waals surface area contributed by atoms with Gasteiger partial charge in [0, 0.05) is 26.2 Å². The number of nitrogens with zero attached hydrogens (tertiary/aromatic N) is 4. The summed E-state index contributed by atoms with van der Waals surface area (Å²) in [4.78, 5) is 37.6. The molecule has 1 aliphatic rings. The molecule has 2 N–H and O–H groups in total. The van der Waals surface area contributed by atoms with Gasteiger partial charge in [-0.3, -0.25) is 9.78 Å². The van der Waals surface area contributed by atoms with Gasteiger partial charge < -0.3 is 25.0 Å². The van der Waals surface area contributed by atoms with Crippen molar-refractivity contribution in [1.29, 1.82) is 0 Å². The maximum atomic E-state index is 12.3. The van der Waals surface area contributed by atoms with Crippen LogP contribution in [-0.2, 0) is 4.74 Å². The molecule has 1 fully saturated rings. The standard InChI is InChI=1S/C24H27N5O4S/c1-24(2,3)33-23(31)29-13-11-28(12-14-29)22-27-19(20(34-22)21(25)30)18-10-9-17(15-26-18)32-16-7-5-4-6-8-16/h4-10,15H,11-14H2,1-3H3,(H2,25,30). The molecule has 0 radical (unpaired) electrons. The van der Waals surface area contributed by atoms with E-state index in [0.29, 0.717) is 59.1 Å². The van der Waals surface area contributed by atoms with Crippen LogP contribution in [-0.4, -0.2) is 58.6 Å². The average Bonchev–Trinajstić information content (AvgIpc) is 3.25. The van der Waals surface area contributed by atoms with Gasteiger partial charge in [-0.25, -0.2) is 9.78 Å². The normalized spacial score (nSPS) is 14.1. The Balaban J connectivity index is 1.47. The molecule has 34 heavy (non-hydrogen) atoms. The van der Waals surface area contributed by atoms with Crippen LogP contribution in [0.25, 0.3) is 11.4 Å². The van der Waals surface area contributed by atoms with Crippen LogP contribution in [0.1, 0.15) is 30.4 Å². The van der Waals surface area contributed by atoms with E-state index >= 15 is 0 Å². The number of nitrogens with two attached hydrogens (primary N) is 1. The van der Waals surface area contributed by atoms with E-state index < -0.39 is 11.5 Å². The van der Waals surface area contributed by atoms with Crippen LogP contribution < -0.4 is 15.4 Å². The molecule has 10 heteroatoms. The van der Waals surface area contributed by atoms with E-state index in [4.69, 9.17) is 15.2 Å². The van der Waals surface area contributed by atoms with Gasteiger partial charge in [-0.05, 0) is 45.0 Å². The average molecular weight is 482 g/mol. The van der Waals surface area contributed by atoms with Crippen molar-refractivity contribution in [2.45, 2.75) is 26.4 Å². The summed E-state index contributed by atoms with van der Waals surface area (Å²) < 4.78 is 11.2. The number of amides is 2. The van der Waals surface area contributed by atoms with Gasteiger partial charge in [0.05, 0.1) is 11.9 Å². The number of hydrogen-bond donors (Lipinski definition) is 1. The molecule has 3 heterocycles. The second-order valence-electron chi connectivity index (χ2n) is 8.79.